The number of ether oxygens (including phenoxy) is 3. The van der Waals surface area contributed by atoms with E-state index in [1.807, 2.05) is 0 Å². The van der Waals surface area contributed by atoms with Gasteiger partial charge in [0.2, 0.25) is 0 Å². The van der Waals surface area contributed by atoms with Crippen LogP contribution in [0, 0.1) is 11.8 Å². The highest BCUT2D eigenvalue weighted by Gasteiger charge is 2.21. The van der Waals surface area contributed by atoms with Gasteiger partial charge in [0.1, 0.15) is 6.10 Å². The summed E-state index contributed by atoms with van der Waals surface area (Å²) in [5.74, 6) is 1.72. The Morgan fingerprint density at radius 3 is 1.21 bits per heavy atom. The first kappa shape index (κ1) is 59.7. The lowest BCUT2D eigenvalue weighted by atomic mass is 9.92. The summed E-state index contributed by atoms with van der Waals surface area (Å²) < 4.78 is 17.5. The van der Waals surface area contributed by atoms with Crippen molar-refractivity contribution in [3.63, 3.8) is 0 Å². The molecule has 1 rings (SSSR count). The van der Waals surface area contributed by atoms with Crippen molar-refractivity contribution in [1.82, 2.24) is 4.90 Å². The van der Waals surface area contributed by atoms with Gasteiger partial charge in [-0.15, -0.1) is 11.8 Å². The first-order valence-corrected chi connectivity index (χ1v) is 28.7. The van der Waals surface area contributed by atoms with Crippen LogP contribution in [-0.4, -0.2) is 73.3 Å². The van der Waals surface area contributed by atoms with Gasteiger partial charge in [0.15, 0.2) is 0 Å². The van der Waals surface area contributed by atoms with Crippen molar-refractivity contribution in [1.29, 1.82) is 0 Å². The molecule has 0 aliphatic carbocycles. The molecule has 0 saturated carbocycles. The van der Waals surface area contributed by atoms with E-state index in [1.54, 1.807) is 11.8 Å². The maximum Gasteiger partial charge on any atom is 0.316 e. The number of likely N-dealkylation sites (tertiary alicyclic amines) is 1. The zero-order chi connectivity index (χ0) is 45.9. The zero-order valence-corrected chi connectivity index (χ0v) is 43.3. The van der Waals surface area contributed by atoms with E-state index in [-0.39, 0.29) is 24.0 Å². The number of thioether (sulfide) groups is 1. The predicted molar refractivity (Wildman–Crippen MR) is 271 cm³/mol. The quantitative estimate of drug-likeness (QED) is 0.0339. The third-order valence-electron chi connectivity index (χ3n) is 13.7. The Balaban J connectivity index is 2.36. The summed E-state index contributed by atoms with van der Waals surface area (Å²) >= 11 is 1.78. The van der Waals surface area contributed by atoms with Gasteiger partial charge in [-0.05, 0) is 96.2 Å². The monoisotopic (exact) mass is 908 g/mol. The molecule has 8 heteroatoms. The summed E-state index contributed by atoms with van der Waals surface area (Å²) in [4.78, 5) is 40.4. The molecule has 0 N–H and O–H groups in total. The highest BCUT2D eigenvalue weighted by Crippen LogP contribution is 2.26. The van der Waals surface area contributed by atoms with Crippen molar-refractivity contribution >= 4 is 29.7 Å². The van der Waals surface area contributed by atoms with Crippen LogP contribution >= 0.6 is 11.8 Å². The average Bonchev–Trinajstić information content (AvgIpc) is 3.27. The molecule has 372 valence electrons. The SMILES string of the molecule is CCCCCCC(CCCCCC)CCOC(=O)CCCCCCCC(CCCCCCCC(=O)OCCC(CCCCCC)CCCCCC)OC(=O)CSC1CCN(C)CC1. The standard InChI is InChI=1S/C55H105NO6S/c1-6-10-14-24-32-49(33-25-15-11-7-2)42-46-60-53(57)38-30-22-18-20-28-36-51(62-55(59)48-63-52-40-44-56(5)45-41-52)37-29-21-19-23-31-39-54(58)61-47-43-50(34-26-16-12-8-3)35-27-17-13-9-4/h49-52H,6-48H2,1-5H3. The Kier molecular flexibility index (Phi) is 42.2. The van der Waals surface area contributed by atoms with Crippen LogP contribution in [0.4, 0.5) is 0 Å². The second-order valence-electron chi connectivity index (χ2n) is 19.7. The first-order valence-electron chi connectivity index (χ1n) is 27.6. The lowest BCUT2D eigenvalue weighted by Gasteiger charge is -2.28. The minimum atomic E-state index is -0.0560. The summed E-state index contributed by atoms with van der Waals surface area (Å²) in [5, 5.41) is 0.553. The van der Waals surface area contributed by atoms with Crippen LogP contribution in [0.3, 0.4) is 0 Å². The van der Waals surface area contributed by atoms with Crippen LogP contribution in [0.1, 0.15) is 272 Å². The van der Waals surface area contributed by atoms with Crippen molar-refractivity contribution in [2.45, 2.75) is 283 Å². The number of rotatable bonds is 46. The minimum absolute atomic E-state index is 0.0234. The number of nitrogens with zero attached hydrogens (tertiary/aromatic N) is 1. The van der Waals surface area contributed by atoms with Crippen LogP contribution < -0.4 is 0 Å². The van der Waals surface area contributed by atoms with Crippen molar-refractivity contribution in [3.05, 3.63) is 0 Å². The molecule has 1 heterocycles. The average molecular weight is 909 g/mol. The molecular formula is C55H105NO6S. The molecule has 7 nitrogen and oxygen atoms in total. The normalized spacial score (nSPS) is 13.7. The zero-order valence-electron chi connectivity index (χ0n) is 42.5. The molecule has 1 fully saturated rings. The van der Waals surface area contributed by atoms with Gasteiger partial charge in [0, 0.05) is 18.1 Å². The molecule has 0 bridgehead atoms. The number of esters is 3. The fourth-order valence-electron chi connectivity index (χ4n) is 9.29. The van der Waals surface area contributed by atoms with Crippen LogP contribution in [0.2, 0.25) is 0 Å². The maximum atomic E-state index is 13.0. The Bertz CT molecular complexity index is 951. The summed E-state index contributed by atoms with van der Waals surface area (Å²) in [6.45, 7) is 12.4. The summed E-state index contributed by atoms with van der Waals surface area (Å²) in [5.41, 5.74) is 0. The van der Waals surface area contributed by atoms with Crippen molar-refractivity contribution in [3.8, 4) is 0 Å². The molecule has 63 heavy (non-hydrogen) atoms. The van der Waals surface area contributed by atoms with Crippen LogP contribution in [-0.2, 0) is 28.6 Å². The molecule has 0 unspecified atom stereocenters. The molecule has 0 spiro atoms. The summed E-state index contributed by atoms with van der Waals surface area (Å²) in [7, 11) is 2.17. The van der Waals surface area contributed by atoms with E-state index in [2.05, 4.69) is 39.6 Å². The Labute approximate surface area is 395 Å². The van der Waals surface area contributed by atoms with Crippen LogP contribution in [0.15, 0.2) is 0 Å². The lowest BCUT2D eigenvalue weighted by Crippen LogP contribution is -2.32. The number of carbonyl (C=O) groups is 3. The first-order chi connectivity index (χ1) is 30.8. The predicted octanol–water partition coefficient (Wildman–Crippen LogP) is 16.2. The summed E-state index contributed by atoms with van der Waals surface area (Å²) in [6, 6.07) is 0. The fourth-order valence-corrected chi connectivity index (χ4v) is 10.3. The molecule has 0 amide bonds. The number of hydrogen-bond donors (Lipinski definition) is 0. The van der Waals surface area contributed by atoms with Gasteiger partial charge in [0.25, 0.3) is 0 Å². The van der Waals surface area contributed by atoms with Gasteiger partial charge in [-0.2, -0.15) is 0 Å². The number of piperidine rings is 1. The molecule has 0 radical (unpaired) electrons. The van der Waals surface area contributed by atoms with Crippen molar-refractivity contribution in [2.24, 2.45) is 11.8 Å². The molecule has 0 atom stereocenters. The fraction of sp³-hybridized carbons (Fsp3) is 0.945. The molecule has 0 aromatic carbocycles. The Morgan fingerprint density at radius 1 is 0.460 bits per heavy atom. The maximum absolute atomic E-state index is 13.0. The highest BCUT2D eigenvalue weighted by molar-refractivity contribution is 8.00. The lowest BCUT2D eigenvalue weighted by molar-refractivity contribution is -0.147. The van der Waals surface area contributed by atoms with Crippen molar-refractivity contribution < 1.29 is 28.6 Å². The van der Waals surface area contributed by atoms with E-state index < -0.39 is 0 Å². The highest BCUT2D eigenvalue weighted by atomic mass is 32.2. The minimum Gasteiger partial charge on any atom is -0.466 e. The number of carbonyl (C=O) groups excluding carboxylic acids is 3. The van der Waals surface area contributed by atoms with Gasteiger partial charge in [-0.1, -0.05) is 195 Å². The molecule has 0 aromatic rings. The van der Waals surface area contributed by atoms with Gasteiger partial charge >= 0.3 is 17.9 Å². The van der Waals surface area contributed by atoms with E-state index >= 15 is 0 Å². The van der Waals surface area contributed by atoms with E-state index in [1.165, 1.54) is 128 Å². The van der Waals surface area contributed by atoms with Gasteiger partial charge in [0.05, 0.1) is 19.0 Å². The van der Waals surface area contributed by atoms with Gasteiger partial charge in [-0.3, -0.25) is 14.4 Å². The second kappa shape index (κ2) is 44.6. The van der Waals surface area contributed by atoms with Crippen molar-refractivity contribution in [2.75, 3.05) is 39.1 Å². The molecule has 0 aromatic heterocycles. The summed E-state index contributed by atoms with van der Waals surface area (Å²) in [6.07, 6.45) is 43.5. The molecular weight excluding hydrogens is 803 g/mol. The Hall–Kier alpha value is -1.28. The second-order valence-corrected chi connectivity index (χ2v) is 21.0. The third-order valence-corrected chi connectivity index (χ3v) is 15.0. The molecule has 1 saturated heterocycles. The topological polar surface area (TPSA) is 82.1 Å². The van der Waals surface area contributed by atoms with E-state index in [4.69, 9.17) is 14.2 Å². The third kappa shape index (κ3) is 38.5. The number of unbranched alkanes of at least 4 members (excludes halogenated alkanes) is 20. The van der Waals surface area contributed by atoms with E-state index in [0.717, 1.165) is 116 Å². The van der Waals surface area contributed by atoms with Gasteiger partial charge < -0.3 is 19.1 Å². The molecule has 1 aliphatic heterocycles. The van der Waals surface area contributed by atoms with Crippen LogP contribution in [0.5, 0.6) is 0 Å². The van der Waals surface area contributed by atoms with Gasteiger partial charge in [-0.25, -0.2) is 0 Å². The van der Waals surface area contributed by atoms with E-state index in [0.29, 0.717) is 48.9 Å². The smallest absolute Gasteiger partial charge is 0.316 e. The molecule has 1 aliphatic rings. The van der Waals surface area contributed by atoms with E-state index in [9.17, 15) is 14.4 Å². The Morgan fingerprint density at radius 2 is 0.810 bits per heavy atom. The largest absolute Gasteiger partial charge is 0.466 e. The van der Waals surface area contributed by atoms with Crippen LogP contribution in [0.25, 0.3) is 0 Å². The number of hydrogen-bond acceptors (Lipinski definition) is 8.